The van der Waals surface area contributed by atoms with Crippen LogP contribution in [0.4, 0.5) is 5.69 Å². The van der Waals surface area contributed by atoms with E-state index in [1.807, 2.05) is 0 Å². The van der Waals surface area contributed by atoms with Gasteiger partial charge in [-0.25, -0.2) is 14.7 Å². The van der Waals surface area contributed by atoms with Gasteiger partial charge in [0.2, 0.25) is 11.8 Å². The zero-order valence-electron chi connectivity index (χ0n) is 12.7. The van der Waals surface area contributed by atoms with Gasteiger partial charge in [0, 0.05) is 11.4 Å². The number of hydrogen-bond acceptors (Lipinski definition) is 6. The number of benzene rings is 1. The average molecular weight is 394 g/mol. The van der Waals surface area contributed by atoms with Crippen LogP contribution < -0.4 is 4.90 Å². The molecule has 124 valence electrons. The van der Waals surface area contributed by atoms with Crippen LogP contribution in [0, 0.1) is 5.92 Å². The van der Waals surface area contributed by atoms with Crippen LogP contribution in [-0.2, 0) is 23.9 Å². The Balaban J connectivity index is 2.05. The average Bonchev–Trinajstić information content (AvgIpc) is 3.06. The predicted molar refractivity (Wildman–Crippen MR) is 85.9 cm³/mol. The van der Waals surface area contributed by atoms with E-state index in [0.717, 1.165) is 21.5 Å². The fraction of sp³-hybridized carbons (Fsp3) is 0.267. The van der Waals surface area contributed by atoms with Gasteiger partial charge in [-0.05, 0) is 24.3 Å². The van der Waals surface area contributed by atoms with Crippen molar-refractivity contribution in [3.8, 4) is 0 Å². The maximum absolute atomic E-state index is 12.7. The number of hydrazone groups is 1. The number of ether oxygens (including phenoxy) is 1. The maximum atomic E-state index is 12.7. The Morgan fingerprint density at radius 2 is 1.79 bits per heavy atom. The van der Waals surface area contributed by atoms with Crippen LogP contribution in [0.3, 0.4) is 0 Å². The van der Waals surface area contributed by atoms with Gasteiger partial charge in [0.25, 0.3) is 5.91 Å². The van der Waals surface area contributed by atoms with Crippen LogP contribution in [0.5, 0.6) is 0 Å². The van der Waals surface area contributed by atoms with Crippen LogP contribution in [0.25, 0.3) is 0 Å². The smallest absolute Gasteiger partial charge is 0.355 e. The molecule has 9 heteroatoms. The van der Waals surface area contributed by atoms with E-state index in [1.54, 1.807) is 24.3 Å². The van der Waals surface area contributed by atoms with Crippen molar-refractivity contribution in [2.75, 3.05) is 12.0 Å². The Labute approximate surface area is 145 Å². The van der Waals surface area contributed by atoms with Gasteiger partial charge in [-0.2, -0.15) is 5.10 Å². The Hall–Kier alpha value is -2.55. The number of rotatable bonds is 2. The van der Waals surface area contributed by atoms with Gasteiger partial charge in [0.15, 0.2) is 11.8 Å². The lowest BCUT2D eigenvalue weighted by atomic mass is 9.98. The molecule has 24 heavy (non-hydrogen) atoms. The van der Waals surface area contributed by atoms with E-state index in [0.29, 0.717) is 5.69 Å². The number of anilines is 1. The van der Waals surface area contributed by atoms with Crippen LogP contribution in [0.1, 0.15) is 6.92 Å². The number of carbonyl (C=O) groups excluding carboxylic acids is 4. The first-order valence-corrected chi connectivity index (χ1v) is 7.76. The first kappa shape index (κ1) is 16.3. The molecule has 0 aliphatic carbocycles. The summed E-state index contributed by atoms with van der Waals surface area (Å²) in [5.41, 5.74) is 0.117. The molecule has 0 unspecified atom stereocenters. The summed E-state index contributed by atoms with van der Waals surface area (Å²) in [5.74, 6) is -3.75. The number of esters is 1. The third-order valence-electron chi connectivity index (χ3n) is 3.85. The lowest BCUT2D eigenvalue weighted by Crippen LogP contribution is -2.41. The van der Waals surface area contributed by atoms with E-state index in [-0.39, 0.29) is 5.71 Å². The highest BCUT2D eigenvalue weighted by atomic mass is 79.9. The lowest BCUT2D eigenvalue weighted by molar-refractivity contribution is -0.136. The van der Waals surface area contributed by atoms with E-state index in [2.05, 4.69) is 25.8 Å². The van der Waals surface area contributed by atoms with Crippen molar-refractivity contribution in [2.45, 2.75) is 13.0 Å². The Morgan fingerprint density at radius 3 is 2.33 bits per heavy atom. The van der Waals surface area contributed by atoms with E-state index in [9.17, 15) is 19.2 Å². The third kappa shape index (κ3) is 2.32. The van der Waals surface area contributed by atoms with Crippen LogP contribution >= 0.6 is 15.9 Å². The molecule has 3 amide bonds. The minimum absolute atomic E-state index is 0.240. The molecule has 8 nitrogen and oxygen atoms in total. The molecule has 2 aliphatic heterocycles. The second-order valence-electron chi connectivity index (χ2n) is 5.25. The quantitative estimate of drug-likeness (QED) is 0.544. The third-order valence-corrected chi connectivity index (χ3v) is 4.38. The van der Waals surface area contributed by atoms with Crippen molar-refractivity contribution in [3.63, 3.8) is 0 Å². The highest BCUT2D eigenvalue weighted by Gasteiger charge is 2.59. The zero-order chi connectivity index (χ0) is 17.6. The summed E-state index contributed by atoms with van der Waals surface area (Å²) < 4.78 is 5.40. The van der Waals surface area contributed by atoms with Crippen molar-refractivity contribution >= 4 is 51.0 Å². The molecule has 0 saturated carbocycles. The van der Waals surface area contributed by atoms with Crippen molar-refractivity contribution < 1.29 is 23.9 Å². The number of nitrogens with zero attached hydrogens (tertiary/aromatic N) is 3. The Morgan fingerprint density at radius 1 is 1.17 bits per heavy atom. The van der Waals surface area contributed by atoms with Gasteiger partial charge in [-0.15, -0.1) is 0 Å². The largest absolute Gasteiger partial charge is 0.464 e. The molecular formula is C15H12BrN3O5. The number of imide groups is 1. The minimum atomic E-state index is -1.16. The molecule has 1 fully saturated rings. The van der Waals surface area contributed by atoms with E-state index in [1.165, 1.54) is 6.92 Å². The molecular weight excluding hydrogens is 382 g/mol. The molecule has 2 atom stereocenters. The van der Waals surface area contributed by atoms with Crippen molar-refractivity contribution in [1.82, 2.24) is 5.01 Å². The molecule has 0 spiro atoms. The second-order valence-corrected chi connectivity index (χ2v) is 6.17. The lowest BCUT2D eigenvalue weighted by Gasteiger charge is -2.19. The molecule has 1 saturated heterocycles. The van der Waals surface area contributed by atoms with Gasteiger partial charge in [-0.3, -0.25) is 14.4 Å². The van der Waals surface area contributed by atoms with E-state index in [4.69, 9.17) is 0 Å². The summed E-state index contributed by atoms with van der Waals surface area (Å²) in [7, 11) is 1.14. The SMILES string of the molecule is COC(=O)C1=NN(C(C)=O)[C@H]2C(=O)N(c3ccc(Br)cc3)C(=O)[C@H]12. The van der Waals surface area contributed by atoms with Crippen LogP contribution in [-0.4, -0.2) is 47.6 Å². The second kappa shape index (κ2) is 5.82. The topological polar surface area (TPSA) is 96.3 Å². The number of carbonyl (C=O) groups is 4. The molecule has 2 heterocycles. The zero-order valence-corrected chi connectivity index (χ0v) is 14.3. The number of hydrogen-bond donors (Lipinski definition) is 0. The van der Waals surface area contributed by atoms with Gasteiger partial charge in [-0.1, -0.05) is 15.9 Å². The molecule has 2 aliphatic rings. The highest BCUT2D eigenvalue weighted by Crippen LogP contribution is 2.35. The summed E-state index contributed by atoms with van der Waals surface area (Å²) in [6, 6.07) is 5.39. The summed E-state index contributed by atoms with van der Waals surface area (Å²) in [6.07, 6.45) is 0. The van der Waals surface area contributed by atoms with Gasteiger partial charge >= 0.3 is 5.97 Å². The van der Waals surface area contributed by atoms with Crippen molar-refractivity contribution in [2.24, 2.45) is 11.0 Å². The monoisotopic (exact) mass is 393 g/mol. The standard InChI is InChI=1S/C15H12BrN3O5/c1-7(20)19-12-10(11(17-19)15(23)24-2)13(21)18(14(12)22)9-5-3-8(16)4-6-9/h3-6,10,12H,1-2H3/t10-,12-/m1/s1. The fourth-order valence-electron chi connectivity index (χ4n) is 2.79. The fourth-order valence-corrected chi connectivity index (χ4v) is 3.06. The van der Waals surface area contributed by atoms with Gasteiger partial charge < -0.3 is 4.74 Å². The van der Waals surface area contributed by atoms with Crippen molar-refractivity contribution in [3.05, 3.63) is 28.7 Å². The van der Waals surface area contributed by atoms with Crippen LogP contribution in [0.2, 0.25) is 0 Å². The van der Waals surface area contributed by atoms with Gasteiger partial charge in [0.1, 0.15) is 5.92 Å². The maximum Gasteiger partial charge on any atom is 0.355 e. The van der Waals surface area contributed by atoms with Crippen LogP contribution in [0.15, 0.2) is 33.8 Å². The van der Waals surface area contributed by atoms with E-state index >= 15 is 0 Å². The highest BCUT2D eigenvalue weighted by molar-refractivity contribution is 9.10. The molecule has 0 radical (unpaired) electrons. The predicted octanol–water partition coefficient (Wildman–Crippen LogP) is 0.698. The minimum Gasteiger partial charge on any atom is -0.464 e. The number of fused-ring (bicyclic) bond motifs is 1. The number of halogens is 1. The summed E-state index contributed by atoms with van der Waals surface area (Å²) in [6.45, 7) is 1.21. The summed E-state index contributed by atoms with van der Waals surface area (Å²) in [5, 5.41) is 4.71. The summed E-state index contributed by atoms with van der Waals surface area (Å²) in [4.78, 5) is 50.1. The normalized spacial score (nSPS) is 22.5. The summed E-state index contributed by atoms with van der Waals surface area (Å²) >= 11 is 3.28. The first-order valence-electron chi connectivity index (χ1n) is 6.96. The molecule has 1 aromatic rings. The molecule has 0 bridgehead atoms. The Kier molecular flexibility index (Phi) is 3.96. The molecule has 1 aromatic carbocycles. The number of amides is 3. The van der Waals surface area contributed by atoms with E-state index < -0.39 is 35.7 Å². The first-order chi connectivity index (χ1) is 11.4. The van der Waals surface area contributed by atoms with Crippen molar-refractivity contribution in [1.29, 1.82) is 0 Å². The van der Waals surface area contributed by atoms with Gasteiger partial charge in [0.05, 0.1) is 12.8 Å². The molecule has 3 rings (SSSR count). The molecule has 0 N–H and O–H groups in total. The Bertz CT molecular complexity index is 789. The molecule has 0 aromatic heterocycles. The number of methoxy groups -OCH3 is 1.